The summed E-state index contributed by atoms with van der Waals surface area (Å²) in [6, 6.07) is 15.4. The average molecular weight is 475 g/mol. The van der Waals surface area contributed by atoms with Crippen molar-refractivity contribution >= 4 is 39.4 Å². The molecule has 2 N–H and O–H groups in total. The van der Waals surface area contributed by atoms with Gasteiger partial charge in [0.25, 0.3) is 11.5 Å². The van der Waals surface area contributed by atoms with Crippen LogP contribution in [0.25, 0.3) is 39.2 Å². The molecule has 0 aliphatic rings. The van der Waals surface area contributed by atoms with Crippen LogP contribution in [0.4, 0.5) is 0 Å². The summed E-state index contributed by atoms with van der Waals surface area (Å²) in [6.07, 6.45) is 8.83. The molecule has 0 atom stereocenters. The minimum atomic E-state index is -0.246. The summed E-state index contributed by atoms with van der Waals surface area (Å²) in [5.74, 6) is -0.152. The van der Waals surface area contributed by atoms with Gasteiger partial charge in [-0.1, -0.05) is 30.8 Å². The van der Waals surface area contributed by atoms with Gasteiger partial charge in [0.05, 0.1) is 22.4 Å². The zero-order valence-electron chi connectivity index (χ0n) is 19.5. The topological polar surface area (TPSA) is 97.1 Å². The number of carbonyl (C=O) groups is 1. The van der Waals surface area contributed by atoms with E-state index in [1.165, 1.54) is 0 Å². The van der Waals surface area contributed by atoms with Gasteiger partial charge < -0.3 is 14.9 Å². The molecule has 6 rings (SSSR count). The molecule has 4 aromatic heterocycles. The van der Waals surface area contributed by atoms with Crippen molar-refractivity contribution in [2.45, 2.75) is 13.5 Å². The van der Waals surface area contributed by atoms with E-state index in [1.807, 2.05) is 58.6 Å². The summed E-state index contributed by atoms with van der Waals surface area (Å²) in [4.78, 5) is 36.8. The van der Waals surface area contributed by atoms with Crippen LogP contribution in [-0.4, -0.2) is 29.8 Å². The van der Waals surface area contributed by atoms with Crippen molar-refractivity contribution < 1.29 is 4.79 Å². The Morgan fingerprint density at radius 3 is 2.69 bits per heavy atom. The van der Waals surface area contributed by atoms with Gasteiger partial charge in [0.2, 0.25) is 5.65 Å². The molecule has 4 heterocycles. The summed E-state index contributed by atoms with van der Waals surface area (Å²) in [6.45, 7) is 6.16. The van der Waals surface area contributed by atoms with Gasteiger partial charge in [0.1, 0.15) is 0 Å². The van der Waals surface area contributed by atoms with Gasteiger partial charge in [-0.05, 0) is 42.8 Å². The van der Waals surface area contributed by atoms with Crippen molar-refractivity contribution in [3.05, 3.63) is 113 Å². The fraction of sp³-hybridized carbons (Fsp3) is 0.0714. The number of nitrogens with zero attached hydrogens (tertiary/aromatic N) is 4. The number of aromatic nitrogens is 5. The summed E-state index contributed by atoms with van der Waals surface area (Å²) >= 11 is 0. The maximum absolute atomic E-state index is 12.9. The highest BCUT2D eigenvalue weighted by Crippen LogP contribution is 2.31. The lowest BCUT2D eigenvalue weighted by atomic mass is 10.1. The van der Waals surface area contributed by atoms with E-state index >= 15 is 0 Å². The SMILES string of the molecule is C=Cc1nc2c(=O)[nH]c3c4ccccc4c(-n4ccc(CNC(=O)c5ccncc5)c4)cc3n2c1C. The first kappa shape index (κ1) is 21.5. The van der Waals surface area contributed by atoms with E-state index in [0.717, 1.165) is 38.8 Å². The lowest BCUT2D eigenvalue weighted by molar-refractivity contribution is 0.0951. The molecule has 6 aromatic rings. The van der Waals surface area contributed by atoms with Gasteiger partial charge in [-0.3, -0.25) is 19.0 Å². The molecule has 2 aromatic carbocycles. The molecule has 0 spiro atoms. The van der Waals surface area contributed by atoms with Crippen LogP contribution < -0.4 is 10.9 Å². The van der Waals surface area contributed by atoms with Crippen LogP contribution in [0, 0.1) is 6.92 Å². The molecule has 0 unspecified atom stereocenters. The van der Waals surface area contributed by atoms with E-state index in [9.17, 15) is 9.59 Å². The molecule has 0 aliphatic carbocycles. The highest BCUT2D eigenvalue weighted by atomic mass is 16.1. The number of imidazole rings is 1. The van der Waals surface area contributed by atoms with Gasteiger partial charge in [-0.2, -0.15) is 0 Å². The Morgan fingerprint density at radius 2 is 1.92 bits per heavy atom. The number of pyridine rings is 1. The monoisotopic (exact) mass is 474 g/mol. The lowest BCUT2D eigenvalue weighted by Crippen LogP contribution is -2.22. The number of rotatable bonds is 5. The quantitative estimate of drug-likeness (QED) is 0.362. The number of benzene rings is 2. The van der Waals surface area contributed by atoms with Crippen molar-refractivity contribution in [1.29, 1.82) is 0 Å². The second kappa shape index (κ2) is 8.35. The number of hydrogen-bond donors (Lipinski definition) is 2. The second-order valence-corrected chi connectivity index (χ2v) is 8.58. The summed E-state index contributed by atoms with van der Waals surface area (Å²) in [7, 11) is 0. The lowest BCUT2D eigenvalue weighted by Gasteiger charge is -2.13. The molecule has 0 saturated carbocycles. The minimum absolute atomic E-state index is 0.152. The first-order valence-corrected chi connectivity index (χ1v) is 11.5. The Labute approximate surface area is 205 Å². The Morgan fingerprint density at radius 1 is 1.14 bits per heavy atom. The number of amides is 1. The van der Waals surface area contributed by atoms with Crippen LogP contribution in [0.2, 0.25) is 0 Å². The van der Waals surface area contributed by atoms with Crippen LogP contribution in [0.15, 0.2) is 84.7 Å². The van der Waals surface area contributed by atoms with Crippen LogP contribution in [0.1, 0.15) is 27.3 Å². The number of hydrogen-bond acceptors (Lipinski definition) is 4. The zero-order chi connectivity index (χ0) is 24.8. The maximum atomic E-state index is 12.9. The first-order chi connectivity index (χ1) is 17.5. The fourth-order valence-electron chi connectivity index (χ4n) is 4.67. The van der Waals surface area contributed by atoms with E-state index in [0.29, 0.717) is 23.4 Å². The molecular weight excluding hydrogens is 452 g/mol. The number of H-pyrrole nitrogens is 1. The first-order valence-electron chi connectivity index (χ1n) is 11.5. The molecule has 0 fully saturated rings. The Balaban J connectivity index is 1.48. The number of aryl methyl sites for hydroxylation is 1. The predicted molar refractivity (Wildman–Crippen MR) is 140 cm³/mol. The fourth-order valence-corrected chi connectivity index (χ4v) is 4.67. The highest BCUT2D eigenvalue weighted by molar-refractivity contribution is 6.08. The van der Waals surface area contributed by atoms with Crippen molar-refractivity contribution in [3.63, 3.8) is 0 Å². The van der Waals surface area contributed by atoms with Crippen LogP contribution >= 0.6 is 0 Å². The number of carbonyl (C=O) groups excluding carboxylic acids is 1. The molecule has 0 aliphatic heterocycles. The van der Waals surface area contributed by atoms with Gasteiger partial charge in [-0.15, -0.1) is 0 Å². The standard InChI is InChI=1S/C28H22N6O2/c1-3-22-17(2)34-24-14-23(20-6-4-5-7-21(20)25(24)32-28(36)26(34)31-22)33-13-10-18(16-33)15-30-27(35)19-8-11-29-12-9-19/h3-14,16H,1,15H2,2H3,(H,30,35)(H,32,36). The molecule has 8 nitrogen and oxygen atoms in total. The number of aromatic amines is 1. The summed E-state index contributed by atoms with van der Waals surface area (Å²) < 4.78 is 3.92. The third kappa shape index (κ3) is 3.39. The third-order valence-electron chi connectivity index (χ3n) is 6.45. The van der Waals surface area contributed by atoms with Gasteiger partial charge >= 0.3 is 0 Å². The molecule has 1 amide bonds. The Kier molecular flexibility index (Phi) is 5.00. The van der Waals surface area contributed by atoms with Gasteiger partial charge in [-0.25, -0.2) is 4.98 Å². The Hall–Kier alpha value is -4.98. The Bertz CT molecular complexity index is 1860. The van der Waals surface area contributed by atoms with Crippen LogP contribution in [0.3, 0.4) is 0 Å². The van der Waals surface area contributed by atoms with Crippen molar-refractivity contribution in [3.8, 4) is 5.69 Å². The smallest absolute Gasteiger partial charge is 0.292 e. The normalized spacial score (nSPS) is 11.4. The van der Waals surface area contributed by atoms with Crippen molar-refractivity contribution in [1.82, 2.24) is 29.2 Å². The van der Waals surface area contributed by atoms with Crippen LogP contribution in [0.5, 0.6) is 0 Å². The van der Waals surface area contributed by atoms with E-state index in [2.05, 4.69) is 32.9 Å². The molecule has 0 radical (unpaired) electrons. The third-order valence-corrected chi connectivity index (χ3v) is 6.45. The number of fused-ring (bicyclic) bond motifs is 5. The van der Waals surface area contributed by atoms with Gasteiger partial charge in [0.15, 0.2) is 0 Å². The van der Waals surface area contributed by atoms with E-state index in [-0.39, 0.29) is 11.5 Å². The molecule has 176 valence electrons. The van der Waals surface area contributed by atoms with Crippen molar-refractivity contribution in [2.75, 3.05) is 0 Å². The molecule has 8 heteroatoms. The highest BCUT2D eigenvalue weighted by Gasteiger charge is 2.17. The molecule has 0 saturated heterocycles. The average Bonchev–Trinajstić information content (AvgIpc) is 3.52. The molecule has 0 bridgehead atoms. The predicted octanol–water partition coefficient (Wildman–Crippen LogP) is 4.40. The zero-order valence-corrected chi connectivity index (χ0v) is 19.5. The van der Waals surface area contributed by atoms with Gasteiger partial charge in [0, 0.05) is 53.4 Å². The van der Waals surface area contributed by atoms with Crippen molar-refractivity contribution in [2.24, 2.45) is 0 Å². The molecule has 36 heavy (non-hydrogen) atoms. The van der Waals surface area contributed by atoms with Crippen LogP contribution in [-0.2, 0) is 6.54 Å². The van der Waals surface area contributed by atoms with E-state index in [4.69, 9.17) is 0 Å². The number of nitrogens with one attached hydrogen (secondary N) is 2. The maximum Gasteiger partial charge on any atom is 0.292 e. The largest absolute Gasteiger partial charge is 0.348 e. The summed E-state index contributed by atoms with van der Waals surface area (Å²) in [5.41, 5.74) is 5.69. The molecular formula is C28H22N6O2. The minimum Gasteiger partial charge on any atom is -0.348 e. The van der Waals surface area contributed by atoms with E-state index < -0.39 is 0 Å². The van der Waals surface area contributed by atoms with E-state index in [1.54, 1.807) is 30.6 Å². The summed E-state index contributed by atoms with van der Waals surface area (Å²) in [5, 5.41) is 4.87. The second-order valence-electron chi connectivity index (χ2n) is 8.58.